The van der Waals surface area contributed by atoms with Gasteiger partial charge in [-0.05, 0) is 39.7 Å². The molecule has 0 aliphatic rings. The Balaban J connectivity index is 2.63. The summed E-state index contributed by atoms with van der Waals surface area (Å²) >= 11 is 0. The lowest BCUT2D eigenvalue weighted by atomic mass is 10.1. The van der Waals surface area contributed by atoms with Crippen molar-refractivity contribution in [1.29, 1.82) is 0 Å². The second-order valence-corrected chi connectivity index (χ2v) is 6.45. The summed E-state index contributed by atoms with van der Waals surface area (Å²) in [4.78, 5) is 24.1. The van der Waals surface area contributed by atoms with Gasteiger partial charge >= 0.3 is 12.1 Å². The highest BCUT2D eigenvalue weighted by Crippen LogP contribution is 2.10. The van der Waals surface area contributed by atoms with Crippen molar-refractivity contribution in [3.8, 4) is 0 Å². The Morgan fingerprint density at radius 3 is 2.35 bits per heavy atom. The van der Waals surface area contributed by atoms with Gasteiger partial charge in [0.25, 0.3) is 0 Å². The third-order valence-electron chi connectivity index (χ3n) is 2.75. The molecular weight excluding hydrogens is 294 g/mol. The van der Waals surface area contributed by atoms with E-state index >= 15 is 0 Å². The zero-order chi connectivity index (χ0) is 17.5. The summed E-state index contributed by atoms with van der Waals surface area (Å²) in [5, 5.41) is 2.54. The molecule has 0 aliphatic carbocycles. The van der Waals surface area contributed by atoms with Gasteiger partial charge in [0, 0.05) is 0 Å². The SMILES string of the molecule is C=C(C)C[C@H](NC(=O)OC(C)(C)C)C(=O)OCc1ccccc1. The highest BCUT2D eigenvalue weighted by atomic mass is 16.6. The molecule has 0 aromatic heterocycles. The topological polar surface area (TPSA) is 64.6 Å². The van der Waals surface area contributed by atoms with E-state index in [0.717, 1.165) is 11.1 Å². The maximum atomic E-state index is 12.2. The van der Waals surface area contributed by atoms with Crippen LogP contribution in [0, 0.1) is 0 Å². The van der Waals surface area contributed by atoms with E-state index < -0.39 is 23.7 Å². The van der Waals surface area contributed by atoms with E-state index in [-0.39, 0.29) is 6.61 Å². The third kappa shape index (κ3) is 8.04. The lowest BCUT2D eigenvalue weighted by Crippen LogP contribution is -2.44. The number of nitrogens with one attached hydrogen (secondary N) is 1. The molecule has 0 saturated carbocycles. The van der Waals surface area contributed by atoms with Crippen LogP contribution >= 0.6 is 0 Å². The molecule has 0 saturated heterocycles. The van der Waals surface area contributed by atoms with Crippen molar-refractivity contribution in [3.63, 3.8) is 0 Å². The van der Waals surface area contributed by atoms with Crippen molar-refractivity contribution in [2.75, 3.05) is 0 Å². The first-order chi connectivity index (χ1) is 10.7. The molecule has 1 amide bonds. The van der Waals surface area contributed by atoms with E-state index in [1.165, 1.54) is 0 Å². The highest BCUT2D eigenvalue weighted by Gasteiger charge is 2.25. The molecule has 0 bridgehead atoms. The molecule has 0 aliphatic heterocycles. The first-order valence-corrected chi connectivity index (χ1v) is 7.52. The van der Waals surface area contributed by atoms with Crippen molar-refractivity contribution in [3.05, 3.63) is 48.0 Å². The van der Waals surface area contributed by atoms with Crippen molar-refractivity contribution in [1.82, 2.24) is 5.32 Å². The monoisotopic (exact) mass is 319 g/mol. The number of hydrogen-bond donors (Lipinski definition) is 1. The summed E-state index contributed by atoms with van der Waals surface area (Å²) < 4.78 is 10.4. The molecule has 5 nitrogen and oxygen atoms in total. The largest absolute Gasteiger partial charge is 0.459 e. The van der Waals surface area contributed by atoms with E-state index in [4.69, 9.17) is 9.47 Å². The Bertz CT molecular complexity index is 546. The van der Waals surface area contributed by atoms with Gasteiger partial charge < -0.3 is 14.8 Å². The van der Waals surface area contributed by atoms with Gasteiger partial charge in [-0.3, -0.25) is 0 Å². The van der Waals surface area contributed by atoms with Crippen LogP contribution in [0.2, 0.25) is 0 Å². The van der Waals surface area contributed by atoms with Crippen molar-refractivity contribution < 1.29 is 19.1 Å². The molecule has 23 heavy (non-hydrogen) atoms. The van der Waals surface area contributed by atoms with Crippen LogP contribution in [0.5, 0.6) is 0 Å². The highest BCUT2D eigenvalue weighted by molar-refractivity contribution is 5.81. The molecule has 1 rings (SSSR count). The van der Waals surface area contributed by atoms with E-state index in [0.29, 0.717) is 6.42 Å². The van der Waals surface area contributed by atoms with Gasteiger partial charge in [-0.15, -0.1) is 6.58 Å². The Morgan fingerprint density at radius 1 is 1.22 bits per heavy atom. The normalized spacial score (nSPS) is 12.2. The number of carbonyl (C=O) groups is 2. The van der Waals surface area contributed by atoms with E-state index in [1.807, 2.05) is 30.3 Å². The molecular formula is C18H25NO4. The number of rotatable bonds is 6. The van der Waals surface area contributed by atoms with Gasteiger partial charge in [0.05, 0.1) is 0 Å². The smallest absolute Gasteiger partial charge is 0.408 e. The minimum absolute atomic E-state index is 0.155. The molecule has 0 spiro atoms. The number of carbonyl (C=O) groups excluding carboxylic acids is 2. The van der Waals surface area contributed by atoms with Crippen LogP contribution < -0.4 is 5.32 Å². The Kier molecular flexibility index (Phi) is 6.82. The predicted octanol–water partition coefficient (Wildman–Crippen LogP) is 3.59. The predicted molar refractivity (Wildman–Crippen MR) is 88.8 cm³/mol. The third-order valence-corrected chi connectivity index (χ3v) is 2.75. The van der Waals surface area contributed by atoms with Gasteiger partial charge in [0.2, 0.25) is 0 Å². The van der Waals surface area contributed by atoms with E-state index in [2.05, 4.69) is 11.9 Å². The summed E-state index contributed by atoms with van der Waals surface area (Å²) in [6, 6.07) is 8.54. The maximum absolute atomic E-state index is 12.2. The zero-order valence-corrected chi connectivity index (χ0v) is 14.2. The molecule has 126 valence electrons. The second kappa shape index (κ2) is 8.36. The van der Waals surface area contributed by atoms with Crippen molar-refractivity contribution in [2.24, 2.45) is 0 Å². The Hall–Kier alpha value is -2.30. The van der Waals surface area contributed by atoms with Crippen molar-refractivity contribution >= 4 is 12.1 Å². The molecule has 1 atom stereocenters. The van der Waals surface area contributed by atoms with Gasteiger partial charge in [-0.1, -0.05) is 35.9 Å². The van der Waals surface area contributed by atoms with E-state index in [1.54, 1.807) is 27.7 Å². The van der Waals surface area contributed by atoms with Crippen LogP contribution in [0.25, 0.3) is 0 Å². The minimum atomic E-state index is -0.814. The number of amides is 1. The van der Waals surface area contributed by atoms with Crippen LogP contribution in [0.4, 0.5) is 4.79 Å². The number of alkyl carbamates (subject to hydrolysis) is 1. The molecule has 1 aromatic carbocycles. The average Bonchev–Trinajstić information content (AvgIpc) is 2.42. The minimum Gasteiger partial charge on any atom is -0.459 e. The fraction of sp³-hybridized carbons (Fsp3) is 0.444. The maximum Gasteiger partial charge on any atom is 0.408 e. The van der Waals surface area contributed by atoms with Gasteiger partial charge in [0.15, 0.2) is 0 Å². The summed E-state index contributed by atoms with van der Waals surface area (Å²) in [7, 11) is 0. The number of benzene rings is 1. The first-order valence-electron chi connectivity index (χ1n) is 7.52. The Morgan fingerprint density at radius 2 is 1.83 bits per heavy atom. The molecule has 0 fully saturated rings. The van der Waals surface area contributed by atoms with Gasteiger partial charge in [-0.2, -0.15) is 0 Å². The average molecular weight is 319 g/mol. The van der Waals surface area contributed by atoms with Crippen LogP contribution in [0.3, 0.4) is 0 Å². The molecule has 5 heteroatoms. The van der Waals surface area contributed by atoms with E-state index in [9.17, 15) is 9.59 Å². The lowest BCUT2D eigenvalue weighted by Gasteiger charge is -2.23. The van der Waals surface area contributed by atoms with Crippen LogP contribution in [0.1, 0.15) is 39.7 Å². The summed E-state index contributed by atoms with van der Waals surface area (Å²) in [5.41, 5.74) is 1.01. The quantitative estimate of drug-likeness (QED) is 0.643. The lowest BCUT2D eigenvalue weighted by molar-refractivity contribution is -0.147. The zero-order valence-electron chi connectivity index (χ0n) is 14.2. The summed E-state index contributed by atoms with van der Waals surface area (Å²) in [5.74, 6) is -0.511. The fourth-order valence-corrected chi connectivity index (χ4v) is 1.82. The van der Waals surface area contributed by atoms with Crippen LogP contribution in [0.15, 0.2) is 42.5 Å². The first kappa shape index (κ1) is 18.7. The second-order valence-electron chi connectivity index (χ2n) is 6.45. The summed E-state index contributed by atoms with van der Waals surface area (Å²) in [6.45, 7) is 11.0. The molecule has 0 unspecified atom stereocenters. The standard InChI is InChI=1S/C18H25NO4/c1-13(2)11-15(19-17(21)23-18(3,4)5)16(20)22-12-14-9-7-6-8-10-14/h6-10,15H,1,11-12H2,2-5H3,(H,19,21)/t15-/m0/s1. The number of esters is 1. The molecule has 0 heterocycles. The number of hydrogen-bond acceptors (Lipinski definition) is 4. The summed E-state index contributed by atoms with van der Waals surface area (Å²) in [6.07, 6.45) is -0.354. The van der Waals surface area contributed by atoms with Gasteiger partial charge in [-0.25, -0.2) is 9.59 Å². The Labute approximate surface area is 137 Å². The van der Waals surface area contributed by atoms with Gasteiger partial charge in [0.1, 0.15) is 18.2 Å². The van der Waals surface area contributed by atoms with Crippen molar-refractivity contribution in [2.45, 2.75) is 52.4 Å². The van der Waals surface area contributed by atoms with Crippen LogP contribution in [-0.2, 0) is 20.9 Å². The fourth-order valence-electron chi connectivity index (χ4n) is 1.82. The molecule has 0 radical (unpaired) electrons. The number of ether oxygens (including phenoxy) is 2. The van der Waals surface area contributed by atoms with Crippen LogP contribution in [-0.4, -0.2) is 23.7 Å². The molecule has 1 aromatic rings. The molecule has 1 N–H and O–H groups in total.